The fourth-order valence-corrected chi connectivity index (χ4v) is 2.14. The van der Waals surface area contributed by atoms with Crippen LogP contribution in [0, 0.1) is 5.92 Å². The lowest BCUT2D eigenvalue weighted by Gasteiger charge is -2.31. The van der Waals surface area contributed by atoms with E-state index in [0.29, 0.717) is 16.4 Å². The lowest BCUT2D eigenvalue weighted by Crippen LogP contribution is -2.35. The van der Waals surface area contributed by atoms with Crippen LogP contribution < -0.4 is 0 Å². The average molecular weight is 328 g/mol. The van der Waals surface area contributed by atoms with Crippen molar-refractivity contribution in [3.05, 3.63) is 0 Å². The second-order valence-corrected chi connectivity index (χ2v) is 6.20. The van der Waals surface area contributed by atoms with Crippen LogP contribution in [-0.2, 0) is 4.74 Å². The lowest BCUT2D eigenvalue weighted by atomic mass is 9.95. The van der Waals surface area contributed by atoms with Crippen molar-refractivity contribution >= 4 is 22.6 Å². The summed E-state index contributed by atoms with van der Waals surface area (Å²) in [5, 5.41) is 8.82. The van der Waals surface area contributed by atoms with Gasteiger partial charge in [-0.1, -0.05) is 29.5 Å². The molecule has 15 heavy (non-hydrogen) atoms. The summed E-state index contributed by atoms with van der Waals surface area (Å²) < 4.78 is 6.26. The van der Waals surface area contributed by atoms with Crippen LogP contribution in [-0.4, -0.2) is 27.8 Å². The number of ether oxygens (including phenoxy) is 1. The Morgan fingerprint density at radius 3 is 2.33 bits per heavy atom. The minimum atomic E-state index is -0.0335. The molecule has 0 fully saturated rings. The monoisotopic (exact) mass is 328 g/mol. The van der Waals surface area contributed by atoms with Crippen LogP contribution in [0.5, 0.6) is 0 Å². The predicted molar refractivity (Wildman–Crippen MR) is 73.6 cm³/mol. The molecule has 0 bridgehead atoms. The average Bonchev–Trinajstić information content (AvgIpc) is 2.14. The smallest absolute Gasteiger partial charge is 0.0743 e. The molecule has 0 aliphatic heterocycles. The van der Waals surface area contributed by atoms with E-state index in [1.807, 2.05) is 6.92 Å². The molecule has 0 aromatic heterocycles. The van der Waals surface area contributed by atoms with E-state index in [4.69, 9.17) is 9.84 Å². The summed E-state index contributed by atoms with van der Waals surface area (Å²) in [4.78, 5) is 0. The molecule has 0 saturated carbocycles. The zero-order valence-corrected chi connectivity index (χ0v) is 12.6. The number of aliphatic hydroxyl groups is 1. The first-order valence-electron chi connectivity index (χ1n) is 5.83. The summed E-state index contributed by atoms with van der Waals surface area (Å²) in [5.41, 5.74) is -0.0335. The SMILES string of the molecule is CCOC(C)(C)C(I)CCC(C)CCO. The van der Waals surface area contributed by atoms with Crippen LogP contribution in [0.1, 0.15) is 47.0 Å². The van der Waals surface area contributed by atoms with Crippen molar-refractivity contribution in [2.75, 3.05) is 13.2 Å². The second-order valence-electron chi connectivity index (χ2n) is 4.70. The Morgan fingerprint density at radius 2 is 1.87 bits per heavy atom. The summed E-state index contributed by atoms with van der Waals surface area (Å²) >= 11 is 2.48. The maximum absolute atomic E-state index is 8.82. The second kappa shape index (κ2) is 7.85. The number of rotatable bonds is 8. The van der Waals surface area contributed by atoms with Crippen LogP contribution in [0.15, 0.2) is 0 Å². The molecule has 1 N–H and O–H groups in total. The van der Waals surface area contributed by atoms with Gasteiger partial charge in [0.1, 0.15) is 0 Å². The third-order valence-corrected chi connectivity index (χ3v) is 4.93. The van der Waals surface area contributed by atoms with Gasteiger partial charge in [-0.3, -0.25) is 0 Å². The van der Waals surface area contributed by atoms with E-state index in [-0.39, 0.29) is 5.60 Å². The molecule has 0 saturated heterocycles. The highest BCUT2D eigenvalue weighted by molar-refractivity contribution is 14.1. The Kier molecular flexibility index (Phi) is 8.19. The highest BCUT2D eigenvalue weighted by Crippen LogP contribution is 2.28. The molecule has 2 nitrogen and oxygen atoms in total. The number of alkyl halides is 1. The molecular formula is C12H25IO2. The van der Waals surface area contributed by atoms with Gasteiger partial charge in [-0.15, -0.1) is 0 Å². The van der Waals surface area contributed by atoms with Crippen LogP contribution in [0.25, 0.3) is 0 Å². The van der Waals surface area contributed by atoms with Gasteiger partial charge in [0.05, 0.1) is 5.60 Å². The van der Waals surface area contributed by atoms with Crippen molar-refractivity contribution in [2.45, 2.75) is 56.5 Å². The Morgan fingerprint density at radius 1 is 1.27 bits per heavy atom. The summed E-state index contributed by atoms with van der Waals surface area (Å²) in [6.45, 7) is 9.64. The first-order chi connectivity index (χ1) is 6.94. The van der Waals surface area contributed by atoms with E-state index >= 15 is 0 Å². The van der Waals surface area contributed by atoms with E-state index < -0.39 is 0 Å². The normalized spacial score (nSPS) is 16.4. The molecule has 0 aliphatic rings. The van der Waals surface area contributed by atoms with Gasteiger partial charge in [-0.25, -0.2) is 0 Å². The minimum Gasteiger partial charge on any atom is -0.396 e. The third-order valence-electron chi connectivity index (χ3n) is 2.81. The topological polar surface area (TPSA) is 29.5 Å². The molecule has 0 heterocycles. The molecule has 0 rings (SSSR count). The molecule has 2 atom stereocenters. The van der Waals surface area contributed by atoms with Gasteiger partial charge in [0.15, 0.2) is 0 Å². The largest absolute Gasteiger partial charge is 0.396 e. The minimum absolute atomic E-state index is 0.0335. The van der Waals surface area contributed by atoms with E-state index in [1.165, 1.54) is 6.42 Å². The summed E-state index contributed by atoms with van der Waals surface area (Å²) in [5.74, 6) is 0.615. The molecular weight excluding hydrogens is 303 g/mol. The van der Waals surface area contributed by atoms with Crippen molar-refractivity contribution in [3.8, 4) is 0 Å². The maximum atomic E-state index is 8.82. The van der Waals surface area contributed by atoms with Gasteiger partial charge in [0, 0.05) is 17.1 Å². The Bertz CT molecular complexity index is 160. The first-order valence-corrected chi connectivity index (χ1v) is 7.07. The molecule has 0 spiro atoms. The van der Waals surface area contributed by atoms with E-state index in [0.717, 1.165) is 19.4 Å². The Balaban J connectivity index is 3.86. The van der Waals surface area contributed by atoms with E-state index in [9.17, 15) is 0 Å². The molecule has 0 aromatic rings. The van der Waals surface area contributed by atoms with Gasteiger partial charge < -0.3 is 9.84 Å². The van der Waals surface area contributed by atoms with Crippen LogP contribution >= 0.6 is 22.6 Å². The number of aliphatic hydroxyl groups excluding tert-OH is 1. The van der Waals surface area contributed by atoms with Gasteiger partial charge in [0.2, 0.25) is 0 Å². The van der Waals surface area contributed by atoms with Crippen LogP contribution in [0.3, 0.4) is 0 Å². The van der Waals surface area contributed by atoms with Crippen LogP contribution in [0.4, 0.5) is 0 Å². The van der Waals surface area contributed by atoms with Gasteiger partial charge in [0.25, 0.3) is 0 Å². The predicted octanol–water partition coefficient (Wildman–Crippen LogP) is 3.40. The summed E-state index contributed by atoms with van der Waals surface area (Å²) in [7, 11) is 0. The van der Waals surface area contributed by atoms with E-state index in [1.54, 1.807) is 0 Å². The Labute approximate surface area is 108 Å². The molecule has 0 radical (unpaired) electrons. The number of hydrogen-bond donors (Lipinski definition) is 1. The Hall–Kier alpha value is 0.650. The van der Waals surface area contributed by atoms with Gasteiger partial charge in [-0.05, 0) is 46.0 Å². The summed E-state index contributed by atoms with van der Waals surface area (Å²) in [6, 6.07) is 0. The molecule has 0 aliphatic carbocycles. The van der Waals surface area contributed by atoms with Crippen LogP contribution in [0.2, 0.25) is 0 Å². The summed E-state index contributed by atoms with van der Waals surface area (Å²) in [6.07, 6.45) is 3.25. The van der Waals surface area contributed by atoms with Crippen molar-refractivity contribution in [2.24, 2.45) is 5.92 Å². The fraction of sp³-hybridized carbons (Fsp3) is 1.00. The third kappa shape index (κ3) is 6.74. The molecule has 3 heteroatoms. The molecule has 2 unspecified atom stereocenters. The molecule has 0 aromatic carbocycles. The van der Waals surface area contributed by atoms with Gasteiger partial charge in [-0.2, -0.15) is 0 Å². The van der Waals surface area contributed by atoms with Crippen molar-refractivity contribution < 1.29 is 9.84 Å². The highest BCUT2D eigenvalue weighted by Gasteiger charge is 2.27. The standard InChI is InChI=1S/C12H25IO2/c1-5-15-12(3,4)11(13)7-6-10(2)8-9-14/h10-11,14H,5-9H2,1-4H3. The highest BCUT2D eigenvalue weighted by atomic mass is 127. The zero-order valence-electron chi connectivity index (χ0n) is 10.4. The fourth-order valence-electron chi connectivity index (χ4n) is 1.61. The van der Waals surface area contributed by atoms with Gasteiger partial charge >= 0.3 is 0 Å². The number of halogens is 1. The van der Waals surface area contributed by atoms with E-state index in [2.05, 4.69) is 43.4 Å². The quantitative estimate of drug-likeness (QED) is 0.547. The molecule has 0 amide bonds. The maximum Gasteiger partial charge on any atom is 0.0743 e. The van der Waals surface area contributed by atoms with Crippen molar-refractivity contribution in [3.63, 3.8) is 0 Å². The molecule has 92 valence electrons. The lowest BCUT2D eigenvalue weighted by molar-refractivity contribution is -0.00993. The van der Waals surface area contributed by atoms with Crippen molar-refractivity contribution in [1.29, 1.82) is 0 Å². The number of hydrogen-bond acceptors (Lipinski definition) is 2. The first kappa shape index (κ1) is 15.7. The van der Waals surface area contributed by atoms with Crippen molar-refractivity contribution in [1.82, 2.24) is 0 Å². The zero-order chi connectivity index (χ0) is 11.9.